The van der Waals surface area contributed by atoms with Gasteiger partial charge in [0.1, 0.15) is 0 Å². The molecule has 1 unspecified atom stereocenters. The molecule has 3 rings (SSSR count). The number of hydrogen-bond acceptors (Lipinski definition) is 4. The highest BCUT2D eigenvalue weighted by atomic mass is 32.1. The average Bonchev–Trinajstić information content (AvgIpc) is 2.89. The molecule has 0 aliphatic rings. The van der Waals surface area contributed by atoms with Crippen molar-refractivity contribution in [3.8, 4) is 0 Å². The molecular weight excluding hydrogens is 266 g/mol. The van der Waals surface area contributed by atoms with Crippen LogP contribution in [0.4, 0.5) is 5.69 Å². The Morgan fingerprint density at radius 3 is 2.85 bits per heavy atom. The molecule has 0 saturated heterocycles. The lowest BCUT2D eigenvalue weighted by Gasteiger charge is -2.17. The maximum absolute atomic E-state index is 4.50. The zero-order valence-electron chi connectivity index (χ0n) is 11.8. The van der Waals surface area contributed by atoms with Crippen LogP contribution in [0.2, 0.25) is 0 Å². The molecule has 0 aliphatic carbocycles. The summed E-state index contributed by atoms with van der Waals surface area (Å²) in [6.07, 6.45) is 1.95. The highest BCUT2D eigenvalue weighted by Gasteiger charge is 2.09. The smallest absolute Gasteiger partial charge is 0.0809 e. The van der Waals surface area contributed by atoms with E-state index in [1.807, 2.05) is 26.1 Å². The highest BCUT2D eigenvalue weighted by molar-refractivity contribution is 7.17. The van der Waals surface area contributed by atoms with Gasteiger partial charge in [-0.15, -0.1) is 11.3 Å². The molecule has 3 nitrogen and oxygen atoms in total. The average molecular weight is 283 g/mol. The maximum atomic E-state index is 4.50. The number of nitrogens with zero attached hydrogens (tertiary/aromatic N) is 2. The molecule has 0 fully saturated rings. The van der Waals surface area contributed by atoms with Crippen LogP contribution >= 0.6 is 11.3 Å². The first-order valence-corrected chi connectivity index (χ1v) is 7.55. The predicted molar refractivity (Wildman–Crippen MR) is 85.4 cm³/mol. The zero-order chi connectivity index (χ0) is 14.1. The topological polar surface area (TPSA) is 37.8 Å². The van der Waals surface area contributed by atoms with E-state index in [2.05, 4.69) is 45.8 Å². The number of aryl methyl sites for hydroxylation is 2. The van der Waals surface area contributed by atoms with E-state index >= 15 is 0 Å². The third-order valence-corrected chi connectivity index (χ3v) is 4.27. The molecule has 102 valence electrons. The molecule has 1 atom stereocenters. The van der Waals surface area contributed by atoms with Gasteiger partial charge in [-0.25, -0.2) is 0 Å². The van der Waals surface area contributed by atoms with Crippen molar-refractivity contribution >= 4 is 27.2 Å². The molecule has 1 N–H and O–H groups in total. The largest absolute Gasteiger partial charge is 0.377 e. The van der Waals surface area contributed by atoms with Crippen LogP contribution in [0.5, 0.6) is 0 Å². The number of fused-ring (bicyclic) bond motifs is 1. The van der Waals surface area contributed by atoms with Crippen molar-refractivity contribution < 1.29 is 0 Å². The SMILES string of the molecule is Cc1ccc(NC(C)c2cnc3ccsc3c2)c(C)n1. The Hall–Kier alpha value is -1.94. The van der Waals surface area contributed by atoms with Crippen LogP contribution in [0.15, 0.2) is 35.8 Å². The number of hydrogen-bond donors (Lipinski definition) is 1. The van der Waals surface area contributed by atoms with Gasteiger partial charge in [0.25, 0.3) is 0 Å². The molecule has 3 aromatic heterocycles. The molecule has 0 bridgehead atoms. The molecule has 0 radical (unpaired) electrons. The van der Waals surface area contributed by atoms with Crippen molar-refractivity contribution in [1.29, 1.82) is 0 Å². The second-order valence-electron chi connectivity index (χ2n) is 5.02. The maximum Gasteiger partial charge on any atom is 0.0809 e. The number of nitrogens with one attached hydrogen (secondary N) is 1. The van der Waals surface area contributed by atoms with E-state index in [9.17, 15) is 0 Å². The lowest BCUT2D eigenvalue weighted by atomic mass is 10.1. The first kappa shape index (κ1) is 13.1. The van der Waals surface area contributed by atoms with Gasteiger partial charge in [-0.05, 0) is 56.0 Å². The lowest BCUT2D eigenvalue weighted by Crippen LogP contribution is -2.08. The van der Waals surface area contributed by atoms with Crippen molar-refractivity contribution in [1.82, 2.24) is 9.97 Å². The quantitative estimate of drug-likeness (QED) is 0.770. The van der Waals surface area contributed by atoms with E-state index in [4.69, 9.17) is 0 Å². The molecule has 0 spiro atoms. The molecule has 4 heteroatoms. The number of pyridine rings is 2. The van der Waals surface area contributed by atoms with Gasteiger partial charge in [-0.1, -0.05) is 0 Å². The Morgan fingerprint density at radius 1 is 1.20 bits per heavy atom. The van der Waals surface area contributed by atoms with E-state index in [-0.39, 0.29) is 6.04 Å². The van der Waals surface area contributed by atoms with E-state index in [0.29, 0.717) is 0 Å². The molecule has 3 aromatic rings. The van der Waals surface area contributed by atoms with Crippen LogP contribution in [0.3, 0.4) is 0 Å². The van der Waals surface area contributed by atoms with Gasteiger partial charge in [0.2, 0.25) is 0 Å². The predicted octanol–water partition coefficient (Wildman–Crippen LogP) is 4.48. The van der Waals surface area contributed by atoms with Crippen molar-refractivity contribution in [3.63, 3.8) is 0 Å². The summed E-state index contributed by atoms with van der Waals surface area (Å²) in [5, 5.41) is 5.59. The van der Waals surface area contributed by atoms with Crippen molar-refractivity contribution in [2.45, 2.75) is 26.8 Å². The summed E-state index contributed by atoms with van der Waals surface area (Å²) in [5.41, 5.74) is 5.41. The summed E-state index contributed by atoms with van der Waals surface area (Å²) in [6, 6.07) is 8.59. The van der Waals surface area contributed by atoms with Gasteiger partial charge < -0.3 is 5.32 Å². The third-order valence-electron chi connectivity index (χ3n) is 3.42. The second kappa shape index (κ2) is 5.21. The van der Waals surface area contributed by atoms with Crippen LogP contribution in [-0.2, 0) is 0 Å². The third kappa shape index (κ3) is 2.51. The standard InChI is InChI=1S/C16H17N3S/c1-10-4-5-14(12(3)18-10)19-11(2)13-8-16-15(17-9-13)6-7-20-16/h4-9,11,19H,1-3H3. The van der Waals surface area contributed by atoms with Gasteiger partial charge >= 0.3 is 0 Å². The number of anilines is 1. The minimum atomic E-state index is 0.206. The molecule has 0 aliphatic heterocycles. The van der Waals surface area contributed by atoms with Gasteiger partial charge in [0.15, 0.2) is 0 Å². The Kier molecular flexibility index (Phi) is 3.40. The Labute approximate surface area is 122 Å². The molecule has 20 heavy (non-hydrogen) atoms. The minimum Gasteiger partial charge on any atom is -0.377 e. The highest BCUT2D eigenvalue weighted by Crippen LogP contribution is 2.25. The summed E-state index contributed by atoms with van der Waals surface area (Å²) >= 11 is 1.73. The van der Waals surface area contributed by atoms with E-state index in [0.717, 1.165) is 22.6 Å². The summed E-state index contributed by atoms with van der Waals surface area (Å²) in [5.74, 6) is 0. The molecule has 0 amide bonds. The van der Waals surface area contributed by atoms with E-state index in [1.165, 1.54) is 10.3 Å². The summed E-state index contributed by atoms with van der Waals surface area (Å²) in [6.45, 7) is 6.19. The molecular formula is C16H17N3S. The zero-order valence-corrected chi connectivity index (χ0v) is 12.7. The van der Waals surface area contributed by atoms with Crippen molar-refractivity contribution in [2.75, 3.05) is 5.32 Å². The first-order chi connectivity index (χ1) is 9.63. The van der Waals surface area contributed by atoms with Gasteiger partial charge in [-0.3, -0.25) is 9.97 Å². The summed E-state index contributed by atoms with van der Waals surface area (Å²) in [7, 11) is 0. The normalized spacial score (nSPS) is 12.6. The fraction of sp³-hybridized carbons (Fsp3) is 0.250. The van der Waals surface area contributed by atoms with Crippen LogP contribution < -0.4 is 5.32 Å². The van der Waals surface area contributed by atoms with Crippen LogP contribution in [0, 0.1) is 13.8 Å². The van der Waals surface area contributed by atoms with Crippen molar-refractivity contribution in [2.24, 2.45) is 0 Å². The number of rotatable bonds is 3. The molecule has 3 heterocycles. The Balaban J connectivity index is 1.86. The molecule has 0 aromatic carbocycles. The van der Waals surface area contributed by atoms with Crippen LogP contribution in [0.1, 0.15) is 29.9 Å². The van der Waals surface area contributed by atoms with E-state index < -0.39 is 0 Å². The fourth-order valence-electron chi connectivity index (χ4n) is 2.25. The van der Waals surface area contributed by atoms with Crippen LogP contribution in [0.25, 0.3) is 10.2 Å². The van der Waals surface area contributed by atoms with Gasteiger partial charge in [0.05, 0.1) is 27.6 Å². The minimum absolute atomic E-state index is 0.206. The number of aromatic nitrogens is 2. The van der Waals surface area contributed by atoms with E-state index in [1.54, 1.807) is 11.3 Å². The van der Waals surface area contributed by atoms with Crippen molar-refractivity contribution in [3.05, 3.63) is 52.8 Å². The Bertz CT molecular complexity index is 748. The second-order valence-corrected chi connectivity index (χ2v) is 5.97. The summed E-state index contributed by atoms with van der Waals surface area (Å²) in [4.78, 5) is 8.98. The monoisotopic (exact) mass is 283 g/mol. The first-order valence-electron chi connectivity index (χ1n) is 6.67. The Morgan fingerprint density at radius 2 is 2.05 bits per heavy atom. The van der Waals surface area contributed by atoms with Gasteiger partial charge in [-0.2, -0.15) is 0 Å². The van der Waals surface area contributed by atoms with Gasteiger partial charge in [0, 0.05) is 11.9 Å². The summed E-state index contributed by atoms with van der Waals surface area (Å²) < 4.78 is 1.23. The number of thiophene rings is 1. The van der Waals surface area contributed by atoms with Crippen LogP contribution in [-0.4, -0.2) is 9.97 Å². The lowest BCUT2D eigenvalue weighted by molar-refractivity contribution is 0.873. The fourth-order valence-corrected chi connectivity index (χ4v) is 3.04. The molecule has 0 saturated carbocycles.